The first kappa shape index (κ1) is 9.00. The number of ether oxygens (including phenoxy) is 1. The third kappa shape index (κ3) is 7.00. The van der Waals surface area contributed by atoms with Crippen molar-refractivity contribution in [2.24, 2.45) is 0 Å². The molecular weight excluding hydrogens is 149 g/mol. The standard InChI is InChI=1S/C5H5F3O2/c6-5(7,8)4-10-3-1-2-9/h1-3H,4H2. The lowest BCUT2D eigenvalue weighted by Gasteiger charge is -2.03. The topological polar surface area (TPSA) is 26.3 Å². The summed E-state index contributed by atoms with van der Waals surface area (Å²) < 4.78 is 37.6. The van der Waals surface area contributed by atoms with Gasteiger partial charge in [0, 0.05) is 6.08 Å². The van der Waals surface area contributed by atoms with Gasteiger partial charge in [-0.25, -0.2) is 0 Å². The highest BCUT2D eigenvalue weighted by molar-refractivity contribution is 5.64. The zero-order valence-electron chi connectivity index (χ0n) is 4.89. The van der Waals surface area contributed by atoms with Gasteiger partial charge in [0.15, 0.2) is 6.61 Å². The lowest BCUT2D eigenvalue weighted by Crippen LogP contribution is -2.14. The van der Waals surface area contributed by atoms with Crippen LogP contribution in [0.1, 0.15) is 0 Å². The molecule has 0 atom stereocenters. The first-order valence-corrected chi connectivity index (χ1v) is 2.35. The molecule has 0 aliphatic heterocycles. The van der Waals surface area contributed by atoms with E-state index >= 15 is 0 Å². The van der Waals surface area contributed by atoms with Crippen molar-refractivity contribution in [2.45, 2.75) is 6.18 Å². The van der Waals surface area contributed by atoms with E-state index in [4.69, 9.17) is 0 Å². The molecule has 5 heteroatoms. The van der Waals surface area contributed by atoms with Gasteiger partial charge in [0.25, 0.3) is 0 Å². The second kappa shape index (κ2) is 3.92. The molecule has 0 aromatic heterocycles. The van der Waals surface area contributed by atoms with Crippen LogP contribution in [0.4, 0.5) is 13.2 Å². The summed E-state index contributed by atoms with van der Waals surface area (Å²) in [6.07, 6.45) is -2.48. The van der Waals surface area contributed by atoms with Gasteiger partial charge >= 0.3 is 6.18 Å². The maximum absolute atomic E-state index is 11.2. The molecule has 10 heavy (non-hydrogen) atoms. The number of alkyl halides is 3. The van der Waals surface area contributed by atoms with Gasteiger partial charge in [0.1, 0.15) is 6.29 Å². The highest BCUT2D eigenvalue weighted by Crippen LogP contribution is 2.14. The smallest absolute Gasteiger partial charge is 0.422 e. The SMILES string of the molecule is O=CC=COCC(F)(F)F. The maximum Gasteiger partial charge on any atom is 0.422 e. The average Bonchev–Trinajstić information content (AvgIpc) is 1.78. The summed E-state index contributed by atoms with van der Waals surface area (Å²) in [5.41, 5.74) is 0. The Morgan fingerprint density at radius 1 is 1.40 bits per heavy atom. The molecule has 0 rings (SSSR count). The van der Waals surface area contributed by atoms with E-state index in [1.165, 1.54) is 0 Å². The van der Waals surface area contributed by atoms with E-state index in [9.17, 15) is 18.0 Å². The van der Waals surface area contributed by atoms with Crippen LogP contribution in [0.3, 0.4) is 0 Å². The highest BCUT2D eigenvalue weighted by Gasteiger charge is 2.27. The van der Waals surface area contributed by atoms with E-state index in [-0.39, 0.29) is 0 Å². The van der Waals surface area contributed by atoms with E-state index in [0.717, 1.165) is 6.08 Å². The molecule has 0 aliphatic carbocycles. The van der Waals surface area contributed by atoms with Crippen molar-refractivity contribution in [3.63, 3.8) is 0 Å². The molecule has 0 saturated heterocycles. The number of allylic oxidation sites excluding steroid dienone is 1. The first-order valence-electron chi connectivity index (χ1n) is 2.35. The fourth-order valence-corrected chi connectivity index (χ4v) is 0.230. The number of aldehydes is 1. The van der Waals surface area contributed by atoms with Crippen LogP contribution < -0.4 is 0 Å². The van der Waals surface area contributed by atoms with Crippen molar-refractivity contribution < 1.29 is 22.7 Å². The number of carbonyl (C=O) groups is 1. The number of hydrogen-bond acceptors (Lipinski definition) is 2. The van der Waals surface area contributed by atoms with Crippen LogP contribution in [0.25, 0.3) is 0 Å². The molecule has 0 N–H and O–H groups in total. The molecule has 0 aliphatic rings. The normalized spacial score (nSPS) is 11.9. The Bertz CT molecular complexity index is 127. The van der Waals surface area contributed by atoms with Crippen LogP contribution in [-0.2, 0) is 9.53 Å². The van der Waals surface area contributed by atoms with Gasteiger partial charge in [-0.1, -0.05) is 0 Å². The molecule has 0 saturated carbocycles. The average molecular weight is 154 g/mol. The summed E-state index contributed by atoms with van der Waals surface area (Å²) in [5.74, 6) is 0. The molecule has 0 amide bonds. The predicted molar refractivity (Wildman–Crippen MR) is 27.2 cm³/mol. The van der Waals surface area contributed by atoms with E-state index in [0.29, 0.717) is 12.5 Å². The molecule has 0 heterocycles. The second-order valence-corrected chi connectivity index (χ2v) is 1.39. The Morgan fingerprint density at radius 3 is 2.40 bits per heavy atom. The van der Waals surface area contributed by atoms with Crippen LogP contribution in [-0.4, -0.2) is 19.1 Å². The molecule has 58 valence electrons. The van der Waals surface area contributed by atoms with Gasteiger partial charge in [-0.15, -0.1) is 0 Å². The summed E-state index contributed by atoms with van der Waals surface area (Å²) >= 11 is 0. The monoisotopic (exact) mass is 154 g/mol. The fraction of sp³-hybridized carbons (Fsp3) is 0.400. The third-order valence-corrected chi connectivity index (χ3v) is 0.500. The molecule has 0 unspecified atom stereocenters. The van der Waals surface area contributed by atoms with Crippen LogP contribution in [0, 0.1) is 0 Å². The van der Waals surface area contributed by atoms with Crippen molar-refractivity contribution in [1.82, 2.24) is 0 Å². The molecule has 0 fully saturated rings. The minimum absolute atomic E-state index is 0.330. The summed E-state index contributed by atoms with van der Waals surface area (Å²) in [4.78, 5) is 9.48. The van der Waals surface area contributed by atoms with Crippen molar-refractivity contribution in [2.75, 3.05) is 6.61 Å². The predicted octanol–water partition coefficient (Wildman–Crippen LogP) is 1.28. The summed E-state index contributed by atoms with van der Waals surface area (Å²) in [6, 6.07) is 0. The van der Waals surface area contributed by atoms with Gasteiger partial charge in [-0.3, -0.25) is 4.79 Å². The van der Waals surface area contributed by atoms with E-state index < -0.39 is 12.8 Å². The zero-order valence-corrected chi connectivity index (χ0v) is 4.89. The fourth-order valence-electron chi connectivity index (χ4n) is 0.230. The van der Waals surface area contributed by atoms with Gasteiger partial charge in [0.2, 0.25) is 0 Å². The minimum atomic E-state index is -4.34. The van der Waals surface area contributed by atoms with Gasteiger partial charge in [-0.05, 0) is 0 Å². The van der Waals surface area contributed by atoms with Crippen LogP contribution in [0.5, 0.6) is 0 Å². The van der Waals surface area contributed by atoms with Crippen molar-refractivity contribution in [3.05, 3.63) is 12.3 Å². The lowest BCUT2D eigenvalue weighted by molar-refractivity contribution is -0.161. The number of hydrogen-bond donors (Lipinski definition) is 0. The summed E-state index contributed by atoms with van der Waals surface area (Å²) in [7, 11) is 0. The van der Waals surface area contributed by atoms with E-state index in [2.05, 4.69) is 4.74 Å². The van der Waals surface area contributed by atoms with Crippen molar-refractivity contribution in [1.29, 1.82) is 0 Å². The largest absolute Gasteiger partial charge is 0.492 e. The van der Waals surface area contributed by atoms with Crippen LogP contribution in [0.2, 0.25) is 0 Å². The van der Waals surface area contributed by atoms with Crippen LogP contribution >= 0.6 is 0 Å². The molecule has 0 aromatic carbocycles. The maximum atomic E-state index is 11.2. The van der Waals surface area contributed by atoms with E-state index in [1.807, 2.05) is 0 Å². The Morgan fingerprint density at radius 2 is 2.00 bits per heavy atom. The third-order valence-electron chi connectivity index (χ3n) is 0.500. The molecule has 0 bridgehead atoms. The Hall–Kier alpha value is -1.00. The quantitative estimate of drug-likeness (QED) is 0.347. The highest BCUT2D eigenvalue weighted by atomic mass is 19.4. The molecule has 2 nitrogen and oxygen atoms in total. The Balaban J connectivity index is 3.37. The number of halogens is 3. The molecule has 0 aromatic rings. The summed E-state index contributed by atoms with van der Waals surface area (Å²) in [5, 5.41) is 0. The summed E-state index contributed by atoms with van der Waals surface area (Å²) in [6.45, 7) is -1.36. The number of rotatable bonds is 3. The van der Waals surface area contributed by atoms with Crippen molar-refractivity contribution in [3.8, 4) is 0 Å². The first-order chi connectivity index (χ1) is 4.56. The Labute approximate surface area is 55.3 Å². The van der Waals surface area contributed by atoms with Gasteiger partial charge in [0.05, 0.1) is 6.26 Å². The van der Waals surface area contributed by atoms with Gasteiger partial charge < -0.3 is 4.74 Å². The minimum Gasteiger partial charge on any atom is -0.492 e. The zero-order chi connectivity index (χ0) is 8.04. The molecule has 0 radical (unpaired) electrons. The van der Waals surface area contributed by atoms with E-state index in [1.54, 1.807) is 0 Å². The van der Waals surface area contributed by atoms with Gasteiger partial charge in [-0.2, -0.15) is 13.2 Å². The molecule has 0 spiro atoms. The van der Waals surface area contributed by atoms with Crippen LogP contribution in [0.15, 0.2) is 12.3 Å². The molecular formula is C5H5F3O2. The lowest BCUT2D eigenvalue weighted by atomic mass is 10.7. The number of carbonyl (C=O) groups excluding carboxylic acids is 1. The Kier molecular flexibility index (Phi) is 3.53. The second-order valence-electron chi connectivity index (χ2n) is 1.39. The van der Waals surface area contributed by atoms with Crippen molar-refractivity contribution >= 4 is 6.29 Å².